The second-order valence-corrected chi connectivity index (χ2v) is 4.17. The molecule has 0 aliphatic carbocycles. The van der Waals surface area contributed by atoms with Crippen molar-refractivity contribution in [1.29, 1.82) is 0 Å². The van der Waals surface area contributed by atoms with E-state index >= 15 is 0 Å². The maximum Gasteiger partial charge on any atom is 0.338 e. The molecule has 1 saturated heterocycles. The molecule has 0 aromatic heterocycles. The summed E-state index contributed by atoms with van der Waals surface area (Å²) in [7, 11) is 0. The molecule has 1 amide bonds. The molecule has 0 bridgehead atoms. The Labute approximate surface area is 104 Å². The highest BCUT2D eigenvalue weighted by Gasteiger charge is 2.19. The maximum atomic E-state index is 12.9. The van der Waals surface area contributed by atoms with E-state index in [9.17, 15) is 14.0 Å². The molecule has 1 aliphatic heterocycles. The molecule has 2 rings (SSSR count). The Morgan fingerprint density at radius 3 is 2.67 bits per heavy atom. The van der Waals surface area contributed by atoms with Crippen LogP contribution in [0.2, 0.25) is 0 Å². The molecule has 1 fully saturated rings. The first-order chi connectivity index (χ1) is 8.66. The van der Waals surface area contributed by atoms with Gasteiger partial charge in [0.05, 0.1) is 5.56 Å². The molecule has 1 aromatic carbocycles. The summed E-state index contributed by atoms with van der Waals surface area (Å²) in [6.45, 7) is 1.15. The Bertz CT molecular complexity index is 455. The first kappa shape index (κ1) is 12.5. The first-order valence-corrected chi connectivity index (χ1v) is 5.87. The van der Waals surface area contributed by atoms with E-state index in [1.165, 1.54) is 18.2 Å². The number of esters is 1. The number of likely N-dealkylation sites (tertiary alicyclic amines) is 1. The average Bonchev–Trinajstić information content (AvgIpc) is 2.89. The predicted molar refractivity (Wildman–Crippen MR) is 62.5 cm³/mol. The standard InChI is InChI=1S/C13H14FNO3/c14-11-5-3-4-10(8-11)13(17)18-9-12(16)15-6-1-2-7-15/h3-5,8H,1-2,6-7,9H2. The van der Waals surface area contributed by atoms with Crippen LogP contribution in [0, 0.1) is 5.82 Å². The molecule has 18 heavy (non-hydrogen) atoms. The zero-order valence-electron chi connectivity index (χ0n) is 9.89. The van der Waals surface area contributed by atoms with Crippen molar-refractivity contribution in [2.45, 2.75) is 12.8 Å². The summed E-state index contributed by atoms with van der Waals surface area (Å²) in [5.41, 5.74) is 0.115. The summed E-state index contributed by atoms with van der Waals surface area (Å²) in [6.07, 6.45) is 1.98. The minimum Gasteiger partial charge on any atom is -0.452 e. The summed E-state index contributed by atoms with van der Waals surface area (Å²) in [6, 6.07) is 5.20. The molecule has 0 atom stereocenters. The van der Waals surface area contributed by atoms with E-state index in [-0.39, 0.29) is 18.1 Å². The van der Waals surface area contributed by atoms with E-state index in [0.717, 1.165) is 32.0 Å². The Morgan fingerprint density at radius 2 is 2.00 bits per heavy atom. The van der Waals surface area contributed by atoms with Crippen molar-refractivity contribution in [1.82, 2.24) is 4.90 Å². The number of ether oxygens (including phenoxy) is 1. The number of rotatable bonds is 3. The number of hydrogen-bond acceptors (Lipinski definition) is 3. The number of hydrogen-bond donors (Lipinski definition) is 0. The molecule has 0 radical (unpaired) electrons. The number of carbonyl (C=O) groups excluding carboxylic acids is 2. The average molecular weight is 251 g/mol. The number of amides is 1. The highest BCUT2D eigenvalue weighted by Crippen LogP contribution is 2.09. The lowest BCUT2D eigenvalue weighted by Gasteiger charge is -2.14. The molecule has 5 heteroatoms. The Balaban J connectivity index is 1.86. The highest BCUT2D eigenvalue weighted by molar-refractivity contribution is 5.91. The third-order valence-electron chi connectivity index (χ3n) is 2.85. The molecule has 1 aliphatic rings. The fourth-order valence-electron chi connectivity index (χ4n) is 1.88. The smallest absolute Gasteiger partial charge is 0.338 e. The summed E-state index contributed by atoms with van der Waals surface area (Å²) in [5, 5.41) is 0. The highest BCUT2D eigenvalue weighted by atomic mass is 19.1. The summed E-state index contributed by atoms with van der Waals surface area (Å²) in [5.74, 6) is -1.38. The Hall–Kier alpha value is -1.91. The monoisotopic (exact) mass is 251 g/mol. The molecular formula is C13H14FNO3. The fraction of sp³-hybridized carbons (Fsp3) is 0.385. The van der Waals surface area contributed by atoms with E-state index in [1.807, 2.05) is 0 Å². The SMILES string of the molecule is O=C(OCC(=O)N1CCCC1)c1cccc(F)c1. The van der Waals surface area contributed by atoms with Gasteiger partial charge in [-0.25, -0.2) is 9.18 Å². The minimum absolute atomic E-state index is 0.115. The quantitative estimate of drug-likeness (QED) is 0.767. The van der Waals surface area contributed by atoms with Crippen LogP contribution in [0.3, 0.4) is 0 Å². The van der Waals surface area contributed by atoms with Gasteiger partial charge in [0.2, 0.25) is 0 Å². The van der Waals surface area contributed by atoms with Crippen LogP contribution in [0.5, 0.6) is 0 Å². The van der Waals surface area contributed by atoms with Gasteiger partial charge in [-0.1, -0.05) is 6.07 Å². The second-order valence-electron chi connectivity index (χ2n) is 4.17. The number of halogens is 1. The van der Waals surface area contributed by atoms with Crippen molar-refractivity contribution in [3.05, 3.63) is 35.6 Å². The van der Waals surface area contributed by atoms with Crippen molar-refractivity contribution >= 4 is 11.9 Å². The van der Waals surface area contributed by atoms with Crippen molar-refractivity contribution in [3.8, 4) is 0 Å². The third kappa shape index (κ3) is 3.06. The van der Waals surface area contributed by atoms with Gasteiger partial charge >= 0.3 is 5.97 Å². The van der Waals surface area contributed by atoms with Crippen LogP contribution < -0.4 is 0 Å². The third-order valence-corrected chi connectivity index (χ3v) is 2.85. The molecule has 4 nitrogen and oxygen atoms in total. The summed E-state index contributed by atoms with van der Waals surface area (Å²) >= 11 is 0. The lowest BCUT2D eigenvalue weighted by Crippen LogP contribution is -2.32. The zero-order chi connectivity index (χ0) is 13.0. The normalized spacial score (nSPS) is 14.6. The first-order valence-electron chi connectivity index (χ1n) is 5.87. The van der Waals surface area contributed by atoms with Gasteiger partial charge < -0.3 is 9.64 Å². The van der Waals surface area contributed by atoms with Gasteiger partial charge in [0.25, 0.3) is 5.91 Å². The van der Waals surface area contributed by atoms with E-state index in [4.69, 9.17) is 4.74 Å². The molecule has 1 aromatic rings. The van der Waals surface area contributed by atoms with E-state index in [2.05, 4.69) is 0 Å². The molecule has 0 saturated carbocycles. The molecule has 1 heterocycles. The van der Waals surface area contributed by atoms with E-state index in [1.54, 1.807) is 4.90 Å². The topological polar surface area (TPSA) is 46.6 Å². The Morgan fingerprint density at radius 1 is 1.28 bits per heavy atom. The van der Waals surface area contributed by atoms with Gasteiger partial charge in [-0.15, -0.1) is 0 Å². The number of nitrogens with zero attached hydrogens (tertiary/aromatic N) is 1. The molecule has 0 spiro atoms. The van der Waals surface area contributed by atoms with E-state index in [0.29, 0.717) is 0 Å². The van der Waals surface area contributed by atoms with Crippen LogP contribution in [0.4, 0.5) is 4.39 Å². The van der Waals surface area contributed by atoms with Gasteiger partial charge in [-0.05, 0) is 31.0 Å². The zero-order valence-corrected chi connectivity index (χ0v) is 9.89. The molecule has 0 unspecified atom stereocenters. The van der Waals surface area contributed by atoms with Crippen LogP contribution in [0.15, 0.2) is 24.3 Å². The molecular weight excluding hydrogens is 237 g/mol. The van der Waals surface area contributed by atoms with Crippen molar-refractivity contribution in [2.75, 3.05) is 19.7 Å². The van der Waals surface area contributed by atoms with Crippen molar-refractivity contribution in [2.24, 2.45) is 0 Å². The van der Waals surface area contributed by atoms with Gasteiger partial charge in [0.1, 0.15) is 5.82 Å². The molecule has 0 N–H and O–H groups in total. The van der Waals surface area contributed by atoms with E-state index < -0.39 is 11.8 Å². The van der Waals surface area contributed by atoms with Gasteiger partial charge in [0.15, 0.2) is 6.61 Å². The lowest BCUT2D eigenvalue weighted by molar-refractivity contribution is -0.133. The second kappa shape index (κ2) is 5.62. The number of benzene rings is 1. The van der Waals surface area contributed by atoms with Crippen molar-refractivity contribution in [3.63, 3.8) is 0 Å². The van der Waals surface area contributed by atoms with Gasteiger partial charge in [-0.2, -0.15) is 0 Å². The Kier molecular flexibility index (Phi) is 3.92. The lowest BCUT2D eigenvalue weighted by atomic mass is 10.2. The molecule has 96 valence electrons. The van der Waals surface area contributed by atoms with Gasteiger partial charge in [-0.3, -0.25) is 4.79 Å². The van der Waals surface area contributed by atoms with Crippen LogP contribution in [-0.2, 0) is 9.53 Å². The van der Waals surface area contributed by atoms with Gasteiger partial charge in [0, 0.05) is 13.1 Å². The maximum absolute atomic E-state index is 12.9. The van der Waals surface area contributed by atoms with Crippen LogP contribution in [0.1, 0.15) is 23.2 Å². The van der Waals surface area contributed by atoms with Crippen LogP contribution >= 0.6 is 0 Å². The van der Waals surface area contributed by atoms with Crippen molar-refractivity contribution < 1.29 is 18.7 Å². The summed E-state index contributed by atoms with van der Waals surface area (Å²) in [4.78, 5) is 24.8. The predicted octanol–water partition coefficient (Wildman–Crippen LogP) is 1.60. The largest absolute Gasteiger partial charge is 0.452 e. The fourth-order valence-corrected chi connectivity index (χ4v) is 1.88. The number of carbonyl (C=O) groups is 2. The summed E-state index contributed by atoms with van der Waals surface area (Å²) < 4.78 is 17.7. The van der Waals surface area contributed by atoms with Crippen LogP contribution in [-0.4, -0.2) is 36.5 Å². The van der Waals surface area contributed by atoms with Crippen LogP contribution in [0.25, 0.3) is 0 Å². The minimum atomic E-state index is -0.679.